The first-order valence-corrected chi connectivity index (χ1v) is 7.88. The molecule has 0 atom stereocenters. The van der Waals surface area contributed by atoms with Crippen LogP contribution in [-0.4, -0.2) is 15.7 Å². The Morgan fingerprint density at radius 2 is 1.88 bits per heavy atom. The van der Waals surface area contributed by atoms with Crippen molar-refractivity contribution in [1.29, 1.82) is 0 Å². The largest absolute Gasteiger partial charge is 0.416 e. The van der Waals surface area contributed by atoms with Crippen LogP contribution in [0.3, 0.4) is 0 Å². The number of amides is 1. The summed E-state index contributed by atoms with van der Waals surface area (Å²) in [5.41, 5.74) is 1.01. The minimum atomic E-state index is -4.39. The van der Waals surface area contributed by atoms with Crippen molar-refractivity contribution in [2.24, 2.45) is 0 Å². The maximum atomic E-state index is 12.7. The van der Waals surface area contributed by atoms with E-state index < -0.39 is 11.7 Å². The van der Waals surface area contributed by atoms with Crippen LogP contribution in [-0.2, 0) is 11.0 Å². The van der Waals surface area contributed by atoms with E-state index in [9.17, 15) is 18.0 Å². The zero-order valence-electron chi connectivity index (χ0n) is 12.6. The molecule has 0 bridgehead atoms. The molecule has 25 heavy (non-hydrogen) atoms. The number of hydrogen-bond donors (Lipinski definition) is 1. The smallest absolute Gasteiger partial charge is 0.323 e. The first kappa shape index (κ1) is 17.2. The third-order valence-electron chi connectivity index (χ3n) is 3.53. The second-order valence-corrected chi connectivity index (χ2v) is 5.92. The van der Waals surface area contributed by atoms with Gasteiger partial charge >= 0.3 is 6.18 Å². The van der Waals surface area contributed by atoms with E-state index in [0.29, 0.717) is 26.9 Å². The van der Waals surface area contributed by atoms with E-state index in [1.54, 1.807) is 18.2 Å². The fourth-order valence-corrected chi connectivity index (χ4v) is 2.82. The first-order valence-electron chi connectivity index (χ1n) is 7.09. The third-order valence-corrected chi connectivity index (χ3v) is 4.11. The van der Waals surface area contributed by atoms with Gasteiger partial charge in [0.25, 0.3) is 0 Å². The molecule has 0 fully saturated rings. The quantitative estimate of drug-likeness (QED) is 0.623. The van der Waals surface area contributed by atoms with E-state index in [4.69, 9.17) is 0 Å². The van der Waals surface area contributed by atoms with Crippen molar-refractivity contribution in [3.8, 4) is 5.69 Å². The SMILES string of the molecule is C=CC(=O)Nc1ccc2c(c1)c(Br)nn2-c1ccc(C(F)(F)F)cc1. The van der Waals surface area contributed by atoms with Gasteiger partial charge in [-0.15, -0.1) is 0 Å². The van der Waals surface area contributed by atoms with Gasteiger partial charge in [0.1, 0.15) is 4.60 Å². The van der Waals surface area contributed by atoms with E-state index in [-0.39, 0.29) is 5.91 Å². The molecule has 0 aliphatic heterocycles. The van der Waals surface area contributed by atoms with Crippen LogP contribution in [0, 0.1) is 0 Å². The zero-order valence-corrected chi connectivity index (χ0v) is 14.2. The number of nitrogens with one attached hydrogen (secondary N) is 1. The van der Waals surface area contributed by atoms with Crippen LogP contribution in [0.4, 0.5) is 18.9 Å². The highest BCUT2D eigenvalue weighted by Crippen LogP contribution is 2.32. The molecular weight excluding hydrogens is 399 g/mol. The maximum absolute atomic E-state index is 12.7. The first-order chi connectivity index (χ1) is 11.8. The number of hydrogen-bond acceptors (Lipinski definition) is 2. The normalized spacial score (nSPS) is 11.5. The van der Waals surface area contributed by atoms with Gasteiger partial charge in [0.2, 0.25) is 5.91 Å². The van der Waals surface area contributed by atoms with Gasteiger partial charge in [-0.3, -0.25) is 4.79 Å². The number of fused-ring (bicyclic) bond motifs is 1. The van der Waals surface area contributed by atoms with Gasteiger partial charge in [0, 0.05) is 11.1 Å². The number of nitrogens with zero attached hydrogens (tertiary/aromatic N) is 2. The molecule has 3 aromatic rings. The number of anilines is 1. The Hall–Kier alpha value is -2.61. The summed E-state index contributed by atoms with van der Waals surface area (Å²) in [5, 5.41) is 7.67. The van der Waals surface area contributed by atoms with E-state index >= 15 is 0 Å². The predicted molar refractivity (Wildman–Crippen MR) is 92.6 cm³/mol. The summed E-state index contributed by atoms with van der Waals surface area (Å²) in [7, 11) is 0. The van der Waals surface area contributed by atoms with Crippen LogP contribution in [0.2, 0.25) is 0 Å². The van der Waals surface area contributed by atoms with Crippen molar-refractivity contribution in [3.05, 3.63) is 65.3 Å². The topological polar surface area (TPSA) is 46.9 Å². The number of carbonyl (C=O) groups is 1. The molecule has 0 spiro atoms. The molecule has 0 aliphatic rings. The van der Waals surface area contributed by atoms with Gasteiger partial charge in [0.15, 0.2) is 0 Å². The number of rotatable bonds is 3. The molecule has 0 radical (unpaired) electrons. The molecule has 4 nitrogen and oxygen atoms in total. The fraction of sp³-hybridized carbons (Fsp3) is 0.0588. The monoisotopic (exact) mass is 409 g/mol. The summed E-state index contributed by atoms with van der Waals surface area (Å²) in [4.78, 5) is 11.4. The van der Waals surface area contributed by atoms with Gasteiger partial charge in [-0.25, -0.2) is 4.68 Å². The molecule has 2 aromatic carbocycles. The third kappa shape index (κ3) is 3.43. The predicted octanol–water partition coefficient (Wildman–Crippen LogP) is 4.93. The Morgan fingerprint density at radius 3 is 2.48 bits per heavy atom. The highest BCUT2D eigenvalue weighted by Gasteiger charge is 2.30. The maximum Gasteiger partial charge on any atom is 0.416 e. The number of alkyl halides is 3. The van der Waals surface area contributed by atoms with Crippen molar-refractivity contribution >= 4 is 38.4 Å². The highest BCUT2D eigenvalue weighted by atomic mass is 79.9. The number of carbonyl (C=O) groups excluding carboxylic acids is 1. The minimum Gasteiger partial charge on any atom is -0.323 e. The fourth-order valence-electron chi connectivity index (χ4n) is 2.34. The summed E-state index contributed by atoms with van der Waals surface area (Å²) in [6, 6.07) is 9.85. The lowest BCUT2D eigenvalue weighted by molar-refractivity contribution is -0.137. The summed E-state index contributed by atoms with van der Waals surface area (Å²) in [5.74, 6) is -0.342. The average molecular weight is 410 g/mol. The summed E-state index contributed by atoms with van der Waals surface area (Å²) in [6.07, 6.45) is -3.23. The summed E-state index contributed by atoms with van der Waals surface area (Å²) >= 11 is 3.33. The summed E-state index contributed by atoms with van der Waals surface area (Å²) in [6.45, 7) is 3.39. The van der Waals surface area contributed by atoms with Crippen molar-refractivity contribution in [1.82, 2.24) is 9.78 Å². The van der Waals surface area contributed by atoms with Crippen LogP contribution in [0.1, 0.15) is 5.56 Å². The molecule has 1 heterocycles. The lowest BCUT2D eigenvalue weighted by Crippen LogP contribution is -2.07. The van der Waals surface area contributed by atoms with Gasteiger partial charge < -0.3 is 5.32 Å². The second kappa shape index (κ2) is 6.36. The molecule has 1 aromatic heterocycles. The standard InChI is InChI=1S/C17H11BrF3N3O/c1-2-15(25)22-11-5-8-14-13(9-11)16(18)23-24(14)12-6-3-10(4-7-12)17(19,20)21/h2-9H,1H2,(H,22,25). The molecule has 0 unspecified atom stereocenters. The van der Waals surface area contributed by atoms with Crippen LogP contribution in [0.5, 0.6) is 0 Å². The Kier molecular flexibility index (Phi) is 4.38. The van der Waals surface area contributed by atoms with E-state index in [1.807, 2.05) is 0 Å². The molecule has 1 N–H and O–H groups in total. The Morgan fingerprint density at radius 1 is 1.20 bits per heavy atom. The molecule has 0 saturated heterocycles. The number of halogens is 4. The zero-order chi connectivity index (χ0) is 18.2. The van der Waals surface area contributed by atoms with Crippen molar-refractivity contribution < 1.29 is 18.0 Å². The van der Waals surface area contributed by atoms with Crippen LogP contribution < -0.4 is 5.32 Å². The van der Waals surface area contributed by atoms with Crippen LogP contribution in [0.15, 0.2) is 59.7 Å². The van der Waals surface area contributed by atoms with Gasteiger partial charge in [-0.1, -0.05) is 6.58 Å². The lowest BCUT2D eigenvalue weighted by Gasteiger charge is -2.08. The molecule has 3 rings (SSSR count). The highest BCUT2D eigenvalue weighted by molar-refractivity contribution is 9.10. The minimum absolute atomic E-state index is 0.342. The van der Waals surface area contributed by atoms with Crippen molar-refractivity contribution in [2.45, 2.75) is 6.18 Å². The number of aromatic nitrogens is 2. The van der Waals surface area contributed by atoms with E-state index in [1.165, 1.54) is 16.8 Å². The van der Waals surface area contributed by atoms with Crippen molar-refractivity contribution in [3.63, 3.8) is 0 Å². The molecule has 1 amide bonds. The Labute approximate surface area is 149 Å². The molecule has 8 heteroatoms. The van der Waals surface area contributed by atoms with Crippen molar-refractivity contribution in [2.75, 3.05) is 5.32 Å². The average Bonchev–Trinajstić information content (AvgIpc) is 2.90. The summed E-state index contributed by atoms with van der Waals surface area (Å²) < 4.78 is 40.1. The lowest BCUT2D eigenvalue weighted by atomic mass is 10.2. The van der Waals surface area contributed by atoms with Crippen LogP contribution in [0.25, 0.3) is 16.6 Å². The van der Waals surface area contributed by atoms with Crippen LogP contribution >= 0.6 is 15.9 Å². The number of benzene rings is 2. The Bertz CT molecular complexity index is 962. The molecule has 0 saturated carbocycles. The molecule has 128 valence electrons. The Balaban J connectivity index is 2.03. The van der Waals surface area contributed by atoms with E-state index in [2.05, 4.69) is 32.9 Å². The van der Waals surface area contributed by atoms with Gasteiger partial charge in [-0.2, -0.15) is 18.3 Å². The van der Waals surface area contributed by atoms with Gasteiger partial charge in [0.05, 0.1) is 16.8 Å². The molecular formula is C17H11BrF3N3O. The molecule has 0 aliphatic carbocycles. The van der Waals surface area contributed by atoms with Gasteiger partial charge in [-0.05, 0) is 64.5 Å². The van der Waals surface area contributed by atoms with E-state index in [0.717, 1.165) is 18.2 Å². The second-order valence-electron chi connectivity index (χ2n) is 5.17.